The molecule has 0 aliphatic rings. The summed E-state index contributed by atoms with van der Waals surface area (Å²) in [6.07, 6.45) is 3.64. The molecule has 0 unspecified atom stereocenters. The standard InChI is InChI=1S/C11H17N5O4/c1-8(17)12-14-10(18)7-16-6-9(13-15-16)4-2-3-5-11(19)20/h6H,2-5,7H2,1H3,(H,12,17)(H,14,18)(H,19,20). The summed E-state index contributed by atoms with van der Waals surface area (Å²) >= 11 is 0. The summed E-state index contributed by atoms with van der Waals surface area (Å²) < 4.78 is 1.35. The lowest BCUT2D eigenvalue weighted by atomic mass is 10.1. The second-order valence-corrected chi connectivity index (χ2v) is 4.24. The van der Waals surface area contributed by atoms with Gasteiger partial charge in [0.25, 0.3) is 5.91 Å². The van der Waals surface area contributed by atoms with Crippen LogP contribution >= 0.6 is 0 Å². The van der Waals surface area contributed by atoms with E-state index in [0.29, 0.717) is 25.0 Å². The van der Waals surface area contributed by atoms with Crippen LogP contribution in [0, 0.1) is 0 Å². The van der Waals surface area contributed by atoms with E-state index in [2.05, 4.69) is 21.2 Å². The third-order valence-corrected chi connectivity index (χ3v) is 2.34. The van der Waals surface area contributed by atoms with Crippen LogP contribution in [0.1, 0.15) is 31.9 Å². The number of aromatic nitrogens is 3. The number of unbranched alkanes of at least 4 members (excludes halogenated alkanes) is 1. The summed E-state index contributed by atoms with van der Waals surface area (Å²) in [5.41, 5.74) is 5.08. The molecule has 0 saturated carbocycles. The Labute approximate surface area is 115 Å². The molecule has 0 fully saturated rings. The van der Waals surface area contributed by atoms with E-state index in [1.807, 2.05) is 0 Å². The van der Waals surface area contributed by atoms with Crippen molar-refractivity contribution in [3.8, 4) is 0 Å². The molecule has 20 heavy (non-hydrogen) atoms. The fourth-order valence-corrected chi connectivity index (χ4v) is 1.46. The van der Waals surface area contributed by atoms with Crippen molar-refractivity contribution < 1.29 is 19.5 Å². The summed E-state index contributed by atoms with van der Waals surface area (Å²) in [4.78, 5) is 32.3. The van der Waals surface area contributed by atoms with Crippen LogP contribution in [0.2, 0.25) is 0 Å². The zero-order valence-electron chi connectivity index (χ0n) is 11.1. The number of rotatable bonds is 7. The second kappa shape index (κ2) is 7.87. The summed E-state index contributed by atoms with van der Waals surface area (Å²) in [5.74, 6) is -1.60. The highest BCUT2D eigenvalue weighted by Gasteiger charge is 2.06. The number of carbonyl (C=O) groups is 3. The van der Waals surface area contributed by atoms with Crippen molar-refractivity contribution in [3.05, 3.63) is 11.9 Å². The maximum absolute atomic E-state index is 11.4. The van der Waals surface area contributed by atoms with E-state index in [1.54, 1.807) is 6.20 Å². The van der Waals surface area contributed by atoms with Crippen LogP contribution in [0.3, 0.4) is 0 Å². The predicted octanol–water partition coefficient (Wildman–Crippen LogP) is -0.757. The first-order valence-electron chi connectivity index (χ1n) is 6.13. The minimum atomic E-state index is -0.816. The van der Waals surface area contributed by atoms with Crippen LogP contribution in [0.5, 0.6) is 0 Å². The molecule has 9 heteroatoms. The van der Waals surface area contributed by atoms with Crippen LogP contribution in [0.15, 0.2) is 6.20 Å². The van der Waals surface area contributed by atoms with Gasteiger partial charge in [0.2, 0.25) is 5.91 Å². The van der Waals surface area contributed by atoms with Gasteiger partial charge in [-0.25, -0.2) is 4.68 Å². The van der Waals surface area contributed by atoms with Crippen molar-refractivity contribution in [1.29, 1.82) is 0 Å². The Morgan fingerprint density at radius 1 is 1.30 bits per heavy atom. The van der Waals surface area contributed by atoms with E-state index in [9.17, 15) is 14.4 Å². The van der Waals surface area contributed by atoms with Gasteiger partial charge in [0.15, 0.2) is 0 Å². The fraction of sp³-hybridized carbons (Fsp3) is 0.545. The van der Waals surface area contributed by atoms with Crippen molar-refractivity contribution in [3.63, 3.8) is 0 Å². The first kappa shape index (κ1) is 15.6. The van der Waals surface area contributed by atoms with Crippen molar-refractivity contribution in [2.75, 3.05) is 0 Å². The van der Waals surface area contributed by atoms with Gasteiger partial charge in [-0.3, -0.25) is 25.2 Å². The normalized spacial score (nSPS) is 10.1. The summed E-state index contributed by atoms with van der Waals surface area (Å²) in [6, 6.07) is 0. The molecule has 0 aromatic carbocycles. The smallest absolute Gasteiger partial charge is 0.303 e. The molecule has 1 aromatic heterocycles. The Kier molecular flexibility index (Phi) is 6.14. The summed E-state index contributed by atoms with van der Waals surface area (Å²) in [6.45, 7) is 1.23. The predicted molar refractivity (Wildman–Crippen MR) is 67.2 cm³/mol. The zero-order valence-corrected chi connectivity index (χ0v) is 11.1. The lowest BCUT2D eigenvalue weighted by molar-refractivity contribution is -0.137. The Balaban J connectivity index is 2.30. The van der Waals surface area contributed by atoms with Crippen molar-refractivity contribution in [2.24, 2.45) is 0 Å². The van der Waals surface area contributed by atoms with Gasteiger partial charge in [0, 0.05) is 19.5 Å². The molecule has 3 N–H and O–H groups in total. The highest BCUT2D eigenvalue weighted by atomic mass is 16.4. The molecule has 2 amide bonds. The number of carboxylic acid groups (broad SMARTS) is 1. The number of aryl methyl sites for hydroxylation is 1. The van der Waals surface area contributed by atoms with Gasteiger partial charge in [0.1, 0.15) is 6.54 Å². The Morgan fingerprint density at radius 2 is 2.05 bits per heavy atom. The van der Waals surface area contributed by atoms with E-state index >= 15 is 0 Å². The molecule has 0 spiro atoms. The minimum absolute atomic E-state index is 0.0532. The van der Waals surface area contributed by atoms with E-state index < -0.39 is 11.9 Å². The maximum atomic E-state index is 11.4. The van der Waals surface area contributed by atoms with E-state index in [1.165, 1.54) is 11.6 Å². The molecule has 0 radical (unpaired) electrons. The third-order valence-electron chi connectivity index (χ3n) is 2.34. The molecular formula is C11H17N5O4. The minimum Gasteiger partial charge on any atom is -0.481 e. The SMILES string of the molecule is CC(=O)NNC(=O)Cn1cc(CCCCC(=O)O)nn1. The second-order valence-electron chi connectivity index (χ2n) is 4.24. The number of carbonyl (C=O) groups excluding carboxylic acids is 2. The average molecular weight is 283 g/mol. The number of nitrogens with one attached hydrogen (secondary N) is 2. The van der Waals surface area contributed by atoms with E-state index in [0.717, 1.165) is 0 Å². The van der Waals surface area contributed by atoms with Gasteiger partial charge in [-0.2, -0.15) is 0 Å². The summed E-state index contributed by atoms with van der Waals surface area (Å²) in [7, 11) is 0. The van der Waals surface area contributed by atoms with Crippen molar-refractivity contribution >= 4 is 17.8 Å². The quantitative estimate of drug-likeness (QED) is 0.446. The van der Waals surface area contributed by atoms with E-state index in [4.69, 9.17) is 5.11 Å². The number of nitrogens with zero attached hydrogens (tertiary/aromatic N) is 3. The molecule has 0 bridgehead atoms. The van der Waals surface area contributed by atoms with Crippen molar-refractivity contribution in [1.82, 2.24) is 25.8 Å². The highest BCUT2D eigenvalue weighted by molar-refractivity contribution is 5.80. The molecule has 9 nitrogen and oxygen atoms in total. The van der Waals surface area contributed by atoms with Crippen LogP contribution in [-0.4, -0.2) is 37.9 Å². The summed E-state index contributed by atoms with van der Waals surface area (Å²) in [5, 5.41) is 16.2. The number of hydrazine groups is 1. The molecule has 0 atom stereocenters. The van der Waals surface area contributed by atoms with Crippen molar-refractivity contribution in [2.45, 2.75) is 39.2 Å². The topological polar surface area (TPSA) is 126 Å². The monoisotopic (exact) mass is 283 g/mol. The molecule has 110 valence electrons. The number of hydrogen-bond donors (Lipinski definition) is 3. The lowest BCUT2D eigenvalue weighted by Crippen LogP contribution is -2.42. The Morgan fingerprint density at radius 3 is 2.70 bits per heavy atom. The molecule has 0 saturated heterocycles. The third kappa shape index (κ3) is 6.47. The first-order chi connectivity index (χ1) is 9.47. The Bertz CT molecular complexity index is 485. The number of aliphatic carboxylic acids is 1. The molecule has 0 aliphatic carbocycles. The molecule has 0 aliphatic heterocycles. The molecule has 1 aromatic rings. The Hall–Kier alpha value is -2.45. The van der Waals surface area contributed by atoms with Crippen LogP contribution < -0.4 is 10.9 Å². The molecule has 1 heterocycles. The van der Waals surface area contributed by atoms with Gasteiger partial charge in [0.05, 0.1) is 5.69 Å². The zero-order chi connectivity index (χ0) is 15.0. The van der Waals surface area contributed by atoms with Crippen LogP contribution in [-0.2, 0) is 27.3 Å². The highest BCUT2D eigenvalue weighted by Crippen LogP contribution is 2.03. The average Bonchev–Trinajstić information content (AvgIpc) is 2.79. The number of hydrogen-bond acceptors (Lipinski definition) is 5. The maximum Gasteiger partial charge on any atom is 0.303 e. The van der Waals surface area contributed by atoms with Gasteiger partial charge >= 0.3 is 5.97 Å². The van der Waals surface area contributed by atoms with Gasteiger partial charge in [-0.15, -0.1) is 5.10 Å². The van der Waals surface area contributed by atoms with E-state index in [-0.39, 0.29) is 18.9 Å². The molecular weight excluding hydrogens is 266 g/mol. The van der Waals surface area contributed by atoms with Gasteiger partial charge < -0.3 is 5.11 Å². The first-order valence-corrected chi connectivity index (χ1v) is 6.13. The van der Waals surface area contributed by atoms with Crippen LogP contribution in [0.25, 0.3) is 0 Å². The number of amides is 2. The van der Waals surface area contributed by atoms with Gasteiger partial charge in [-0.1, -0.05) is 5.21 Å². The number of carboxylic acids is 1. The lowest BCUT2D eigenvalue weighted by Gasteiger charge is -2.03. The van der Waals surface area contributed by atoms with Crippen LogP contribution in [0.4, 0.5) is 0 Å². The van der Waals surface area contributed by atoms with Gasteiger partial charge in [-0.05, 0) is 19.3 Å². The molecule has 1 rings (SSSR count). The largest absolute Gasteiger partial charge is 0.481 e. The fourth-order valence-electron chi connectivity index (χ4n) is 1.46.